The molecular formula is C48H29N5O2. The minimum atomic E-state index is -0.513. The number of nitrogens with zero attached hydrogens (tertiary/aromatic N) is 5. The van der Waals surface area contributed by atoms with Crippen LogP contribution in [0.1, 0.15) is 0 Å². The van der Waals surface area contributed by atoms with Gasteiger partial charge in [-0.2, -0.15) is 0 Å². The van der Waals surface area contributed by atoms with E-state index >= 15 is 0 Å². The van der Waals surface area contributed by atoms with E-state index in [-0.39, 0.29) is 5.52 Å². The summed E-state index contributed by atoms with van der Waals surface area (Å²) < 4.78 is 5.67. The third kappa shape index (κ3) is 4.57. The number of rotatable bonds is 4. The maximum Gasteiger partial charge on any atom is 0.284 e. The van der Waals surface area contributed by atoms with Gasteiger partial charge in [0.2, 0.25) is 0 Å². The number of para-hydroxylation sites is 5. The van der Waals surface area contributed by atoms with Gasteiger partial charge in [0.1, 0.15) is 5.52 Å². The Morgan fingerprint density at radius 3 is 1.58 bits per heavy atom. The van der Waals surface area contributed by atoms with Gasteiger partial charge < -0.3 is 9.13 Å². The lowest BCUT2D eigenvalue weighted by atomic mass is 10.0. The van der Waals surface area contributed by atoms with Gasteiger partial charge in [0.05, 0.1) is 33.1 Å². The van der Waals surface area contributed by atoms with Crippen LogP contribution in [-0.2, 0) is 0 Å². The summed E-state index contributed by atoms with van der Waals surface area (Å²) in [6, 6.07) is 56.0. The second-order valence-electron chi connectivity index (χ2n) is 13.7. The molecule has 7 nitrogen and oxygen atoms in total. The van der Waals surface area contributed by atoms with E-state index < -0.39 is 11.1 Å². The summed E-state index contributed by atoms with van der Waals surface area (Å²) in [5, 5.41) is 5.75. The van der Waals surface area contributed by atoms with Crippen molar-refractivity contribution in [2.75, 3.05) is 0 Å². The van der Waals surface area contributed by atoms with E-state index in [1.165, 1.54) is 4.57 Å². The fraction of sp³-hybridized carbons (Fsp3) is 0. The second-order valence-corrected chi connectivity index (χ2v) is 13.7. The SMILES string of the molecule is O=c1c2ccc3c4ccccc4n(-c4ccccc4)c3c2c2cnc(-c3ccc4c5ccccc5n(-c5ccccc5)c4c3)nc2c(=O)n1-c1ccccc1. The zero-order chi connectivity index (χ0) is 36.6. The number of benzene rings is 7. The van der Waals surface area contributed by atoms with Gasteiger partial charge in [0, 0.05) is 55.5 Å². The van der Waals surface area contributed by atoms with Crippen LogP contribution in [-0.4, -0.2) is 23.7 Å². The van der Waals surface area contributed by atoms with Gasteiger partial charge in [-0.15, -0.1) is 0 Å². The van der Waals surface area contributed by atoms with Crippen molar-refractivity contribution < 1.29 is 0 Å². The molecule has 0 unspecified atom stereocenters. The summed E-state index contributed by atoms with van der Waals surface area (Å²) in [4.78, 5) is 39.8. The number of fused-ring (bicyclic) bond motifs is 10. The van der Waals surface area contributed by atoms with Crippen LogP contribution in [0, 0.1) is 0 Å². The highest BCUT2D eigenvalue weighted by Gasteiger charge is 2.22. The Labute approximate surface area is 313 Å². The monoisotopic (exact) mass is 707 g/mol. The van der Waals surface area contributed by atoms with E-state index in [1.54, 1.807) is 18.3 Å². The van der Waals surface area contributed by atoms with Crippen molar-refractivity contribution in [3.63, 3.8) is 0 Å². The van der Waals surface area contributed by atoms with Crippen LogP contribution in [0.5, 0.6) is 0 Å². The summed E-state index contributed by atoms with van der Waals surface area (Å²) >= 11 is 0. The Hall–Kier alpha value is -7.64. The number of hydrogen-bond acceptors (Lipinski definition) is 4. The quantitative estimate of drug-likeness (QED) is 0.183. The normalized spacial score (nSPS) is 11.8. The van der Waals surface area contributed by atoms with Crippen LogP contribution >= 0.6 is 0 Å². The minimum absolute atomic E-state index is 0.155. The molecule has 7 heteroatoms. The van der Waals surface area contributed by atoms with E-state index in [0.29, 0.717) is 27.7 Å². The third-order valence-electron chi connectivity index (χ3n) is 10.7. The molecule has 0 atom stereocenters. The highest BCUT2D eigenvalue weighted by Crippen LogP contribution is 2.39. The van der Waals surface area contributed by atoms with Gasteiger partial charge in [-0.05, 0) is 60.7 Å². The molecule has 11 aromatic rings. The Kier molecular flexibility index (Phi) is 6.72. The van der Waals surface area contributed by atoms with E-state index in [0.717, 1.165) is 60.5 Å². The third-order valence-corrected chi connectivity index (χ3v) is 10.7. The van der Waals surface area contributed by atoms with Crippen molar-refractivity contribution in [1.82, 2.24) is 23.7 Å². The minimum Gasteiger partial charge on any atom is -0.309 e. The summed E-state index contributed by atoms with van der Waals surface area (Å²) in [7, 11) is 0. The van der Waals surface area contributed by atoms with Crippen LogP contribution in [0.3, 0.4) is 0 Å². The Morgan fingerprint density at radius 2 is 0.909 bits per heavy atom. The predicted molar refractivity (Wildman–Crippen MR) is 223 cm³/mol. The highest BCUT2D eigenvalue weighted by atomic mass is 16.2. The standard InChI is InChI=1S/C48H29N5O2/c54-47-38-27-26-37-35-21-11-13-23-41(35)52(32-16-6-2-7-17-32)45(37)43(38)39-29-49-46(50-44(39)48(55)53(47)33-18-8-3-9-19-33)30-24-25-36-34-20-10-12-22-40(34)51(42(36)28-30)31-14-4-1-5-15-31/h1-29H. The molecule has 0 fully saturated rings. The molecule has 0 aliphatic heterocycles. The lowest BCUT2D eigenvalue weighted by Gasteiger charge is -2.10. The van der Waals surface area contributed by atoms with E-state index in [1.807, 2.05) is 84.9 Å². The molecule has 4 aromatic heterocycles. The Balaban J connectivity index is 1.28. The molecule has 0 radical (unpaired) electrons. The smallest absolute Gasteiger partial charge is 0.284 e. The van der Waals surface area contributed by atoms with E-state index in [9.17, 15) is 9.59 Å². The van der Waals surface area contributed by atoms with Crippen LogP contribution < -0.4 is 11.1 Å². The molecule has 0 bridgehead atoms. The van der Waals surface area contributed by atoms with Crippen LogP contribution in [0.2, 0.25) is 0 Å². The second kappa shape index (κ2) is 11.9. The molecule has 55 heavy (non-hydrogen) atoms. The average molecular weight is 708 g/mol. The molecule has 11 rings (SSSR count). The van der Waals surface area contributed by atoms with Crippen molar-refractivity contribution in [2.24, 2.45) is 0 Å². The molecule has 0 saturated carbocycles. The van der Waals surface area contributed by atoms with Gasteiger partial charge in [-0.1, -0.05) is 109 Å². The summed E-state index contributed by atoms with van der Waals surface area (Å²) in [5.41, 5.74) is 6.29. The first-order chi connectivity index (χ1) is 27.2. The van der Waals surface area contributed by atoms with Crippen molar-refractivity contribution in [3.8, 4) is 28.5 Å². The molecule has 4 heterocycles. The number of aromatic nitrogens is 5. The van der Waals surface area contributed by atoms with Crippen molar-refractivity contribution in [1.29, 1.82) is 0 Å². The maximum absolute atomic E-state index is 14.9. The topological polar surface area (TPSA) is 74.7 Å². The predicted octanol–water partition coefficient (Wildman–Crippen LogP) is 10.2. The molecule has 0 spiro atoms. The lowest BCUT2D eigenvalue weighted by Crippen LogP contribution is -2.28. The fourth-order valence-corrected chi connectivity index (χ4v) is 8.32. The molecular weight excluding hydrogens is 679 g/mol. The van der Waals surface area contributed by atoms with Gasteiger partial charge >= 0.3 is 0 Å². The first kappa shape index (κ1) is 30.9. The molecule has 7 aromatic carbocycles. The summed E-state index contributed by atoms with van der Waals surface area (Å²) in [5.74, 6) is 0.388. The zero-order valence-electron chi connectivity index (χ0n) is 29.3. The van der Waals surface area contributed by atoms with Crippen molar-refractivity contribution in [3.05, 3.63) is 197 Å². The Morgan fingerprint density at radius 1 is 0.400 bits per heavy atom. The van der Waals surface area contributed by atoms with E-state index in [4.69, 9.17) is 9.97 Å². The van der Waals surface area contributed by atoms with Gasteiger partial charge in [-0.25, -0.2) is 14.5 Å². The van der Waals surface area contributed by atoms with Gasteiger partial charge in [0.25, 0.3) is 11.1 Å². The molecule has 0 saturated heterocycles. The molecule has 0 aliphatic carbocycles. The zero-order valence-corrected chi connectivity index (χ0v) is 29.3. The summed E-state index contributed by atoms with van der Waals surface area (Å²) in [6.07, 6.45) is 1.72. The maximum atomic E-state index is 14.9. The first-order valence-electron chi connectivity index (χ1n) is 18.2. The van der Waals surface area contributed by atoms with Crippen LogP contribution in [0.25, 0.3) is 93.7 Å². The highest BCUT2D eigenvalue weighted by molar-refractivity contribution is 6.24. The Bertz CT molecular complexity index is 3460. The van der Waals surface area contributed by atoms with Crippen molar-refractivity contribution in [2.45, 2.75) is 0 Å². The summed E-state index contributed by atoms with van der Waals surface area (Å²) in [6.45, 7) is 0. The fourth-order valence-electron chi connectivity index (χ4n) is 8.32. The van der Waals surface area contributed by atoms with Crippen molar-refractivity contribution >= 4 is 65.3 Å². The molecule has 0 aliphatic rings. The number of hydrogen-bond donors (Lipinski definition) is 0. The van der Waals surface area contributed by atoms with Gasteiger partial charge in [0.15, 0.2) is 5.82 Å². The van der Waals surface area contributed by atoms with Crippen LogP contribution in [0.15, 0.2) is 186 Å². The van der Waals surface area contributed by atoms with Crippen LogP contribution in [0.4, 0.5) is 0 Å². The van der Waals surface area contributed by atoms with Gasteiger partial charge in [-0.3, -0.25) is 9.59 Å². The average Bonchev–Trinajstić information content (AvgIpc) is 3.74. The molecule has 258 valence electrons. The molecule has 0 amide bonds. The lowest BCUT2D eigenvalue weighted by molar-refractivity contribution is 0.969. The largest absolute Gasteiger partial charge is 0.309 e. The molecule has 0 N–H and O–H groups in total. The van der Waals surface area contributed by atoms with E-state index in [2.05, 4.69) is 81.9 Å². The first-order valence-corrected chi connectivity index (χ1v) is 18.2.